The van der Waals surface area contributed by atoms with Crippen LogP contribution >= 0.6 is 0 Å². The number of nitrogens with two attached hydrogens (primary N) is 1. The summed E-state index contributed by atoms with van der Waals surface area (Å²) in [5, 5.41) is 0. The van der Waals surface area contributed by atoms with Gasteiger partial charge in [-0.1, -0.05) is 0 Å². The van der Waals surface area contributed by atoms with Crippen LogP contribution in [0, 0.1) is 6.92 Å². The first-order chi connectivity index (χ1) is 7.65. The predicted molar refractivity (Wildman–Crippen MR) is 60.8 cm³/mol. The second-order valence-electron chi connectivity index (χ2n) is 4.29. The summed E-state index contributed by atoms with van der Waals surface area (Å²) in [4.78, 5) is 13.6. The van der Waals surface area contributed by atoms with Gasteiger partial charge in [-0.25, -0.2) is 0 Å². The largest absolute Gasteiger partial charge is 0.467 e. The molecule has 1 aromatic heterocycles. The van der Waals surface area contributed by atoms with E-state index in [1.54, 1.807) is 6.26 Å². The molecule has 0 radical (unpaired) electrons. The Morgan fingerprint density at radius 1 is 1.62 bits per heavy atom. The quantitative estimate of drug-likeness (QED) is 0.826. The lowest BCUT2D eigenvalue weighted by Crippen LogP contribution is -2.48. The molecule has 4 nitrogen and oxygen atoms in total. The molecule has 1 saturated heterocycles. The molecule has 88 valence electrons. The molecule has 2 heterocycles. The fraction of sp³-hybridized carbons (Fsp3) is 0.583. The highest BCUT2D eigenvalue weighted by atomic mass is 16.3. The summed E-state index contributed by atoms with van der Waals surface area (Å²) in [6.45, 7) is 4.64. The molecule has 1 aliphatic heterocycles. The molecule has 16 heavy (non-hydrogen) atoms. The molecule has 2 unspecified atom stereocenters. The van der Waals surface area contributed by atoms with E-state index in [0.717, 1.165) is 17.7 Å². The second kappa shape index (κ2) is 4.29. The molecule has 1 aromatic rings. The number of furan rings is 1. The van der Waals surface area contributed by atoms with Crippen LogP contribution in [0.25, 0.3) is 0 Å². The zero-order chi connectivity index (χ0) is 11.7. The van der Waals surface area contributed by atoms with Gasteiger partial charge in [-0.15, -0.1) is 0 Å². The van der Waals surface area contributed by atoms with Crippen molar-refractivity contribution >= 4 is 5.91 Å². The number of rotatable bonds is 2. The molecule has 0 aromatic carbocycles. The molecule has 0 spiro atoms. The van der Waals surface area contributed by atoms with Crippen molar-refractivity contribution in [2.75, 3.05) is 6.54 Å². The predicted octanol–water partition coefficient (Wildman–Crippen LogP) is 1.60. The lowest BCUT2D eigenvalue weighted by Gasteiger charge is -2.38. The number of carbonyl (C=O) groups is 1. The molecular formula is C12H18N2O2. The van der Waals surface area contributed by atoms with Gasteiger partial charge in [0.15, 0.2) is 0 Å². The lowest BCUT2D eigenvalue weighted by atomic mass is 9.93. The molecule has 2 atom stereocenters. The van der Waals surface area contributed by atoms with Crippen molar-refractivity contribution in [2.45, 2.75) is 38.8 Å². The van der Waals surface area contributed by atoms with Gasteiger partial charge < -0.3 is 15.1 Å². The molecule has 2 rings (SSSR count). The van der Waals surface area contributed by atoms with E-state index < -0.39 is 0 Å². The Kier molecular flexibility index (Phi) is 3.01. The third kappa shape index (κ3) is 1.73. The first-order valence-electron chi connectivity index (χ1n) is 5.74. The lowest BCUT2D eigenvalue weighted by molar-refractivity contribution is -0.137. The minimum absolute atomic E-state index is 0.0255. The van der Waals surface area contributed by atoms with Crippen LogP contribution in [-0.2, 0) is 4.79 Å². The summed E-state index contributed by atoms with van der Waals surface area (Å²) in [6.07, 6.45) is 2.94. The van der Waals surface area contributed by atoms with Crippen molar-refractivity contribution in [3.8, 4) is 0 Å². The molecule has 4 heteroatoms. The maximum atomic E-state index is 11.8. The van der Waals surface area contributed by atoms with E-state index in [2.05, 4.69) is 0 Å². The number of carbonyl (C=O) groups excluding carboxylic acids is 1. The average molecular weight is 222 g/mol. The van der Waals surface area contributed by atoms with Gasteiger partial charge in [-0.2, -0.15) is 0 Å². The minimum atomic E-state index is -0.0961. The molecule has 0 saturated carbocycles. The van der Waals surface area contributed by atoms with Crippen molar-refractivity contribution in [1.82, 2.24) is 4.90 Å². The maximum absolute atomic E-state index is 11.8. The Hall–Kier alpha value is -1.29. The Bertz CT molecular complexity index is 386. The maximum Gasteiger partial charge on any atom is 0.223 e. The first-order valence-corrected chi connectivity index (χ1v) is 5.74. The summed E-state index contributed by atoms with van der Waals surface area (Å²) in [6, 6.07) is 1.79. The van der Waals surface area contributed by atoms with Crippen molar-refractivity contribution in [3.05, 3.63) is 23.7 Å². The molecule has 1 fully saturated rings. The van der Waals surface area contributed by atoms with E-state index >= 15 is 0 Å². The third-order valence-corrected chi connectivity index (χ3v) is 3.26. The van der Waals surface area contributed by atoms with Gasteiger partial charge in [0.25, 0.3) is 0 Å². The first kappa shape index (κ1) is 11.2. The number of piperidine rings is 1. The van der Waals surface area contributed by atoms with Crippen molar-refractivity contribution in [3.63, 3.8) is 0 Å². The van der Waals surface area contributed by atoms with E-state index in [-0.39, 0.29) is 18.0 Å². The molecule has 2 N–H and O–H groups in total. The van der Waals surface area contributed by atoms with Crippen molar-refractivity contribution < 1.29 is 9.21 Å². The molecule has 1 aliphatic rings. The Balaban J connectivity index is 2.35. The highest BCUT2D eigenvalue weighted by Gasteiger charge is 2.36. The van der Waals surface area contributed by atoms with E-state index in [0.29, 0.717) is 13.0 Å². The van der Waals surface area contributed by atoms with E-state index in [9.17, 15) is 4.79 Å². The van der Waals surface area contributed by atoms with Gasteiger partial charge in [-0.05, 0) is 31.9 Å². The Labute approximate surface area is 95.4 Å². The van der Waals surface area contributed by atoms with Crippen LogP contribution in [0.4, 0.5) is 0 Å². The summed E-state index contributed by atoms with van der Waals surface area (Å²) in [7, 11) is 0. The number of hydrogen-bond acceptors (Lipinski definition) is 3. The van der Waals surface area contributed by atoms with Gasteiger partial charge in [0.05, 0.1) is 6.26 Å². The number of likely N-dealkylation sites (N-methyl/N-ethyl adjacent to an activating group) is 1. The van der Waals surface area contributed by atoms with Crippen molar-refractivity contribution in [2.24, 2.45) is 5.73 Å². The molecule has 0 bridgehead atoms. The van der Waals surface area contributed by atoms with E-state index in [1.807, 2.05) is 24.8 Å². The molecule has 0 aliphatic carbocycles. The summed E-state index contributed by atoms with van der Waals surface area (Å²) >= 11 is 0. The fourth-order valence-electron chi connectivity index (χ4n) is 2.37. The Morgan fingerprint density at radius 3 is 2.94 bits per heavy atom. The van der Waals surface area contributed by atoms with Crippen LogP contribution in [0.15, 0.2) is 16.7 Å². The molecular weight excluding hydrogens is 204 g/mol. The van der Waals surface area contributed by atoms with Crippen molar-refractivity contribution in [1.29, 1.82) is 0 Å². The zero-order valence-corrected chi connectivity index (χ0v) is 9.77. The summed E-state index contributed by atoms with van der Waals surface area (Å²) < 4.78 is 5.48. The van der Waals surface area contributed by atoms with Crippen LogP contribution in [0.3, 0.4) is 0 Å². The highest BCUT2D eigenvalue weighted by molar-refractivity contribution is 5.77. The van der Waals surface area contributed by atoms with Gasteiger partial charge in [0.1, 0.15) is 11.8 Å². The monoisotopic (exact) mass is 222 g/mol. The fourth-order valence-corrected chi connectivity index (χ4v) is 2.37. The second-order valence-corrected chi connectivity index (χ2v) is 4.29. The number of amides is 1. The molecule has 1 amide bonds. The van der Waals surface area contributed by atoms with Crippen LogP contribution in [-0.4, -0.2) is 23.4 Å². The van der Waals surface area contributed by atoms with Crippen LogP contribution in [0.5, 0.6) is 0 Å². The number of aryl methyl sites for hydroxylation is 1. The smallest absolute Gasteiger partial charge is 0.223 e. The van der Waals surface area contributed by atoms with Crippen LogP contribution < -0.4 is 5.73 Å². The van der Waals surface area contributed by atoms with Gasteiger partial charge in [0.2, 0.25) is 5.91 Å². The third-order valence-electron chi connectivity index (χ3n) is 3.26. The van der Waals surface area contributed by atoms with E-state index in [4.69, 9.17) is 10.2 Å². The van der Waals surface area contributed by atoms with E-state index in [1.165, 1.54) is 0 Å². The topological polar surface area (TPSA) is 59.5 Å². The standard InChI is InChI=1S/C12H18N2O2/c1-3-14-10(15)5-4-9(13)11(14)12-8(2)6-7-16-12/h6-7,9,11H,3-5,13H2,1-2H3. The Morgan fingerprint density at radius 2 is 2.38 bits per heavy atom. The summed E-state index contributed by atoms with van der Waals surface area (Å²) in [5.41, 5.74) is 7.18. The number of likely N-dealkylation sites (tertiary alicyclic amines) is 1. The van der Waals surface area contributed by atoms with Crippen LogP contribution in [0.2, 0.25) is 0 Å². The number of hydrogen-bond donors (Lipinski definition) is 1. The highest BCUT2D eigenvalue weighted by Crippen LogP contribution is 2.32. The zero-order valence-electron chi connectivity index (χ0n) is 9.77. The SMILES string of the molecule is CCN1C(=O)CCC(N)C1c1occc1C. The number of nitrogens with zero attached hydrogens (tertiary/aromatic N) is 1. The van der Waals surface area contributed by atoms with Gasteiger partial charge >= 0.3 is 0 Å². The van der Waals surface area contributed by atoms with Crippen LogP contribution in [0.1, 0.15) is 37.1 Å². The van der Waals surface area contributed by atoms with Gasteiger partial charge in [-0.3, -0.25) is 4.79 Å². The van der Waals surface area contributed by atoms with Gasteiger partial charge in [0, 0.05) is 19.0 Å². The normalized spacial score (nSPS) is 26.2. The summed E-state index contributed by atoms with van der Waals surface area (Å²) in [5.74, 6) is 1.01. The minimum Gasteiger partial charge on any atom is -0.467 e. The average Bonchev–Trinajstić information content (AvgIpc) is 2.67.